The van der Waals surface area contributed by atoms with Crippen molar-refractivity contribution < 1.29 is 0 Å². The molecule has 0 fully saturated rings. The first-order chi connectivity index (χ1) is 40.4. The Hall–Kier alpha value is 0. The minimum atomic E-state index is 1.37. The van der Waals surface area contributed by atoms with Gasteiger partial charge in [0, 0.05) is 0 Å². The zero-order chi connectivity index (χ0) is 62.1. The van der Waals surface area contributed by atoms with Crippen LogP contribution in [0.2, 0.25) is 0 Å². The van der Waals surface area contributed by atoms with Crippen LogP contribution in [0.3, 0.4) is 0 Å². The molecule has 0 unspecified atom stereocenters. The van der Waals surface area contributed by atoms with Gasteiger partial charge in [0.05, 0.1) is 0 Å². The van der Waals surface area contributed by atoms with Crippen LogP contribution in [0.15, 0.2) is 0 Å². The van der Waals surface area contributed by atoms with Crippen molar-refractivity contribution in [1.82, 2.24) is 0 Å². The standard InChI is InChI=1S/C22H46.6C10H22/c1-3-5-7-9-11-13-15-17-19-21-22-20-18-16-14-12-10-8-6-4-2;6*1-3-5-7-9-10-8-6-4-2/h3-22H2,1-2H3;6*3-10H2,1-2H3. The van der Waals surface area contributed by atoms with E-state index in [2.05, 4.69) is 96.9 Å². The highest BCUT2D eigenvalue weighted by atomic mass is 14.0. The molecule has 0 aliphatic heterocycles. The van der Waals surface area contributed by atoms with Gasteiger partial charge in [0.15, 0.2) is 0 Å². The van der Waals surface area contributed by atoms with E-state index in [-0.39, 0.29) is 0 Å². The van der Waals surface area contributed by atoms with E-state index in [4.69, 9.17) is 0 Å². The number of rotatable bonds is 61. The molecule has 0 saturated carbocycles. The minimum absolute atomic E-state index is 1.37. The lowest BCUT2D eigenvalue weighted by atomic mass is 10.0. The quantitative estimate of drug-likeness (QED) is 0.0533. The van der Waals surface area contributed by atoms with Crippen LogP contribution in [-0.2, 0) is 0 Å². The summed E-state index contributed by atoms with van der Waals surface area (Å²) in [6.07, 6.45) is 98.2. The van der Waals surface area contributed by atoms with Gasteiger partial charge in [-0.1, -0.05) is 534 Å². The average molecular weight is 1160 g/mol. The van der Waals surface area contributed by atoms with E-state index in [1.165, 1.54) is 437 Å². The Bertz CT molecular complexity index is 636. The maximum absolute atomic E-state index is 2.30. The first-order valence-corrected chi connectivity index (χ1v) is 40.4. The van der Waals surface area contributed by atoms with Crippen molar-refractivity contribution in [3.05, 3.63) is 0 Å². The van der Waals surface area contributed by atoms with Gasteiger partial charge in [0.1, 0.15) is 0 Å². The SMILES string of the molecule is CCCCCCCCCC.CCCCCCCCCC.CCCCCCCCCC.CCCCCCCCCC.CCCCCCCCCC.CCCCCCCCCC.CCCCCCCCCCCCCCCCCCCCCC. The third kappa shape index (κ3) is 134. The molecule has 0 aromatic carbocycles. The fourth-order valence-corrected chi connectivity index (χ4v) is 10.6. The molecule has 0 bridgehead atoms. The van der Waals surface area contributed by atoms with Gasteiger partial charge in [-0.25, -0.2) is 0 Å². The normalized spacial score (nSPS) is 10.5. The molecule has 0 aliphatic rings. The van der Waals surface area contributed by atoms with Crippen LogP contribution >= 0.6 is 0 Å². The monoisotopic (exact) mass is 1160 g/mol. The highest BCUT2D eigenvalue weighted by molar-refractivity contribution is 4.52. The van der Waals surface area contributed by atoms with E-state index >= 15 is 0 Å². The van der Waals surface area contributed by atoms with E-state index in [9.17, 15) is 0 Å². The second-order valence-electron chi connectivity index (χ2n) is 26.1. The molecule has 0 heteroatoms. The average Bonchev–Trinajstić information content (AvgIpc) is 3.49. The van der Waals surface area contributed by atoms with Gasteiger partial charge in [0.2, 0.25) is 0 Å². The Morgan fingerprint density at radius 2 is 0.0976 bits per heavy atom. The van der Waals surface area contributed by atoms with Crippen LogP contribution in [0.25, 0.3) is 0 Å². The van der Waals surface area contributed by atoms with Gasteiger partial charge < -0.3 is 0 Å². The molecule has 0 heterocycles. The molecule has 0 radical (unpaired) electrons. The van der Waals surface area contributed by atoms with Gasteiger partial charge in [-0.15, -0.1) is 0 Å². The number of unbranched alkanes of at least 4 members (excludes halogenated alkanes) is 61. The first kappa shape index (κ1) is 95.6. The van der Waals surface area contributed by atoms with Crippen LogP contribution in [-0.4, -0.2) is 0 Å². The predicted octanol–water partition coefficient (Wildman–Crippen LogP) is 33.7. The molecule has 0 aromatic rings. The van der Waals surface area contributed by atoms with Crippen LogP contribution in [0.4, 0.5) is 0 Å². The van der Waals surface area contributed by atoms with Crippen LogP contribution in [0, 0.1) is 0 Å². The second-order valence-corrected chi connectivity index (χ2v) is 26.1. The zero-order valence-corrected chi connectivity index (χ0v) is 62.1. The number of hydrogen-bond acceptors (Lipinski definition) is 0. The third-order valence-corrected chi connectivity index (χ3v) is 16.7. The maximum atomic E-state index is 2.30. The fourth-order valence-electron chi connectivity index (χ4n) is 10.6. The van der Waals surface area contributed by atoms with Crippen molar-refractivity contribution in [2.45, 2.75) is 534 Å². The molecular formula is C82H178. The molecule has 0 saturated heterocycles. The van der Waals surface area contributed by atoms with E-state index in [1.54, 1.807) is 0 Å². The molecule has 0 nitrogen and oxygen atoms in total. The van der Waals surface area contributed by atoms with Crippen molar-refractivity contribution in [2.75, 3.05) is 0 Å². The summed E-state index contributed by atoms with van der Waals surface area (Å²) in [5, 5.41) is 0. The van der Waals surface area contributed by atoms with E-state index in [0.717, 1.165) is 0 Å². The van der Waals surface area contributed by atoms with E-state index in [0.29, 0.717) is 0 Å². The Kier molecular flexibility index (Phi) is 131. The summed E-state index contributed by atoms with van der Waals surface area (Å²) in [5.41, 5.74) is 0. The van der Waals surface area contributed by atoms with Gasteiger partial charge in [-0.05, 0) is 0 Å². The summed E-state index contributed by atoms with van der Waals surface area (Å²) in [7, 11) is 0. The lowest BCUT2D eigenvalue weighted by molar-refractivity contribution is 0.523. The topological polar surface area (TPSA) is 0 Å². The summed E-state index contributed by atoms with van der Waals surface area (Å²) in [4.78, 5) is 0. The molecule has 0 aliphatic carbocycles. The van der Waals surface area contributed by atoms with Gasteiger partial charge >= 0.3 is 0 Å². The third-order valence-electron chi connectivity index (χ3n) is 16.7. The maximum Gasteiger partial charge on any atom is -0.0533 e. The van der Waals surface area contributed by atoms with E-state index < -0.39 is 0 Å². The van der Waals surface area contributed by atoms with Gasteiger partial charge in [-0.3, -0.25) is 0 Å². The molecule has 506 valence electrons. The molecule has 0 N–H and O–H groups in total. The molecular weight excluding hydrogens is 985 g/mol. The smallest absolute Gasteiger partial charge is 0.0533 e. The zero-order valence-electron chi connectivity index (χ0n) is 62.1. The molecule has 0 rings (SSSR count). The molecule has 82 heavy (non-hydrogen) atoms. The number of hydrogen-bond donors (Lipinski definition) is 0. The lowest BCUT2D eigenvalue weighted by Gasteiger charge is -2.03. The summed E-state index contributed by atoms with van der Waals surface area (Å²) >= 11 is 0. The van der Waals surface area contributed by atoms with Crippen molar-refractivity contribution in [3.8, 4) is 0 Å². The largest absolute Gasteiger partial charge is 0.0654 e. The fraction of sp³-hybridized carbons (Fsp3) is 1.00. The highest BCUT2D eigenvalue weighted by Crippen LogP contribution is 2.16. The summed E-state index contributed by atoms with van der Waals surface area (Å²) in [6.45, 7) is 31.8. The van der Waals surface area contributed by atoms with Crippen LogP contribution in [0.5, 0.6) is 0 Å². The summed E-state index contributed by atoms with van der Waals surface area (Å²) in [5.74, 6) is 0. The molecule has 0 atom stereocenters. The van der Waals surface area contributed by atoms with Crippen LogP contribution in [0.1, 0.15) is 534 Å². The Balaban J connectivity index is -0.000000165. The van der Waals surface area contributed by atoms with Crippen molar-refractivity contribution in [1.29, 1.82) is 0 Å². The molecule has 0 spiro atoms. The Morgan fingerprint density at radius 1 is 0.0610 bits per heavy atom. The first-order valence-electron chi connectivity index (χ1n) is 40.4. The van der Waals surface area contributed by atoms with E-state index in [1.807, 2.05) is 0 Å². The Morgan fingerprint density at radius 3 is 0.134 bits per heavy atom. The predicted molar refractivity (Wildman–Crippen MR) is 393 cm³/mol. The minimum Gasteiger partial charge on any atom is -0.0654 e. The van der Waals surface area contributed by atoms with Crippen molar-refractivity contribution >= 4 is 0 Å². The molecule has 0 aromatic heterocycles. The Labute approximate surface area is 530 Å². The summed E-state index contributed by atoms with van der Waals surface area (Å²) in [6, 6.07) is 0. The van der Waals surface area contributed by atoms with Gasteiger partial charge in [0.25, 0.3) is 0 Å². The lowest BCUT2D eigenvalue weighted by Crippen LogP contribution is -1.84. The highest BCUT2D eigenvalue weighted by Gasteiger charge is 1.96. The van der Waals surface area contributed by atoms with Crippen molar-refractivity contribution in [2.24, 2.45) is 0 Å². The van der Waals surface area contributed by atoms with Crippen molar-refractivity contribution in [3.63, 3.8) is 0 Å². The second kappa shape index (κ2) is 112. The van der Waals surface area contributed by atoms with Crippen LogP contribution < -0.4 is 0 Å². The molecule has 0 amide bonds. The van der Waals surface area contributed by atoms with Gasteiger partial charge in [-0.2, -0.15) is 0 Å². The summed E-state index contributed by atoms with van der Waals surface area (Å²) < 4.78 is 0.